The lowest BCUT2D eigenvalue weighted by Crippen LogP contribution is -2.31. The van der Waals surface area contributed by atoms with Crippen molar-refractivity contribution in [2.24, 2.45) is 11.6 Å². The Bertz CT molecular complexity index is 761. The van der Waals surface area contributed by atoms with E-state index in [0.29, 0.717) is 28.7 Å². The molecule has 2 rings (SSSR count). The molecule has 0 aliphatic carbocycles. The summed E-state index contributed by atoms with van der Waals surface area (Å²) >= 11 is 0. The Balaban J connectivity index is 2.26. The molecule has 0 saturated heterocycles. The van der Waals surface area contributed by atoms with E-state index in [1.165, 1.54) is 11.3 Å². The Kier molecular flexibility index (Phi) is 6.13. The highest BCUT2D eigenvalue weighted by atomic mass is 16.5. The largest absolute Gasteiger partial charge is 0.495 e. The molecule has 0 bridgehead atoms. The average molecular weight is 344 g/mol. The highest BCUT2D eigenvalue weighted by Crippen LogP contribution is 2.20. The van der Waals surface area contributed by atoms with E-state index in [-0.39, 0.29) is 6.61 Å². The van der Waals surface area contributed by atoms with E-state index in [1.807, 2.05) is 19.9 Å². The van der Waals surface area contributed by atoms with Gasteiger partial charge in [0.05, 0.1) is 29.9 Å². The Morgan fingerprint density at radius 3 is 2.64 bits per heavy atom. The van der Waals surface area contributed by atoms with Crippen LogP contribution in [0.3, 0.4) is 0 Å². The van der Waals surface area contributed by atoms with Crippen molar-refractivity contribution in [1.29, 1.82) is 0 Å². The van der Waals surface area contributed by atoms with Gasteiger partial charge in [-0.05, 0) is 25.5 Å². The normalized spacial score (nSPS) is 11.7. The van der Waals surface area contributed by atoms with Gasteiger partial charge < -0.3 is 20.2 Å². The maximum absolute atomic E-state index is 6.26. The number of methoxy groups -OCH3 is 1. The number of rotatable bonds is 7. The second-order valence-corrected chi connectivity index (χ2v) is 5.45. The first-order valence-electron chi connectivity index (χ1n) is 7.89. The quantitative estimate of drug-likeness (QED) is 0.570. The molecular weight excluding hydrogens is 320 g/mol. The highest BCUT2D eigenvalue weighted by Gasteiger charge is 2.13. The van der Waals surface area contributed by atoms with Gasteiger partial charge >= 0.3 is 0 Å². The molecule has 0 unspecified atom stereocenters. The molecule has 0 atom stereocenters. The van der Waals surface area contributed by atoms with Gasteiger partial charge in [-0.25, -0.2) is 20.8 Å². The van der Waals surface area contributed by atoms with Gasteiger partial charge in [-0.1, -0.05) is 6.92 Å². The van der Waals surface area contributed by atoms with E-state index >= 15 is 0 Å². The third-order valence-corrected chi connectivity index (χ3v) is 3.69. The minimum absolute atomic E-state index is 0.158. The summed E-state index contributed by atoms with van der Waals surface area (Å²) in [5.41, 5.74) is 9.53. The third-order valence-electron chi connectivity index (χ3n) is 3.69. The molecular formula is C17H24N6O2. The summed E-state index contributed by atoms with van der Waals surface area (Å²) in [5, 5.41) is 1.42. The van der Waals surface area contributed by atoms with Gasteiger partial charge in [0.2, 0.25) is 5.88 Å². The molecule has 8 nitrogen and oxygen atoms in total. The monoisotopic (exact) mass is 344 g/mol. The summed E-state index contributed by atoms with van der Waals surface area (Å²) in [5.74, 6) is 7.09. The number of hydrogen-bond acceptors (Lipinski definition) is 8. The van der Waals surface area contributed by atoms with Crippen molar-refractivity contribution >= 4 is 5.70 Å². The van der Waals surface area contributed by atoms with Gasteiger partial charge in [0, 0.05) is 18.8 Å². The second-order valence-electron chi connectivity index (χ2n) is 5.45. The zero-order valence-corrected chi connectivity index (χ0v) is 15.0. The van der Waals surface area contributed by atoms with Crippen molar-refractivity contribution in [3.63, 3.8) is 0 Å². The molecule has 25 heavy (non-hydrogen) atoms. The van der Waals surface area contributed by atoms with Crippen LogP contribution in [-0.4, -0.2) is 40.7 Å². The lowest BCUT2D eigenvalue weighted by molar-refractivity contribution is 0.286. The van der Waals surface area contributed by atoms with E-state index in [1.54, 1.807) is 26.3 Å². The van der Waals surface area contributed by atoms with Gasteiger partial charge in [0.15, 0.2) is 0 Å². The topological polar surface area (TPSA) is 112 Å². The standard InChI is InChI=1S/C17H24N6O2/c1-5-12-8-16(21-10-20-12)25-9-14(23(3)19)17(18)13-6-7-15(24-4)11(2)22-13/h6-8,10H,5,9,18-19H2,1-4H3/b17-14-. The lowest BCUT2D eigenvalue weighted by Gasteiger charge is -2.20. The SMILES string of the molecule is CCc1cc(OC/C(=C(/N)c2ccc(OC)c(C)n2)N(C)N)ncn1. The average Bonchev–Trinajstić information content (AvgIpc) is 2.61. The smallest absolute Gasteiger partial charge is 0.216 e. The number of pyridine rings is 1. The Hall–Kier alpha value is -2.87. The van der Waals surface area contributed by atoms with Crippen LogP contribution in [0.2, 0.25) is 0 Å². The molecule has 0 amide bonds. The fourth-order valence-corrected chi connectivity index (χ4v) is 2.22. The summed E-state index contributed by atoms with van der Waals surface area (Å²) in [4.78, 5) is 12.7. The van der Waals surface area contributed by atoms with E-state index < -0.39 is 0 Å². The third kappa shape index (κ3) is 4.57. The number of nitrogens with two attached hydrogens (primary N) is 2. The molecule has 0 saturated carbocycles. The molecule has 8 heteroatoms. The zero-order valence-electron chi connectivity index (χ0n) is 15.0. The Morgan fingerprint density at radius 1 is 1.28 bits per heavy atom. The van der Waals surface area contributed by atoms with Crippen LogP contribution in [0.1, 0.15) is 24.0 Å². The molecule has 0 radical (unpaired) electrons. The second kappa shape index (κ2) is 8.29. The number of hydrogen-bond donors (Lipinski definition) is 2. The summed E-state index contributed by atoms with van der Waals surface area (Å²) < 4.78 is 10.9. The maximum atomic E-state index is 6.26. The van der Waals surface area contributed by atoms with Gasteiger partial charge in [-0.2, -0.15) is 0 Å². The lowest BCUT2D eigenvalue weighted by atomic mass is 10.2. The summed E-state index contributed by atoms with van der Waals surface area (Å²) in [7, 11) is 3.29. The van der Waals surface area contributed by atoms with Crippen molar-refractivity contribution in [1.82, 2.24) is 20.0 Å². The maximum Gasteiger partial charge on any atom is 0.216 e. The van der Waals surface area contributed by atoms with Gasteiger partial charge in [-0.15, -0.1) is 0 Å². The summed E-state index contributed by atoms with van der Waals surface area (Å²) in [6, 6.07) is 5.39. The Labute approximate surface area is 147 Å². The summed E-state index contributed by atoms with van der Waals surface area (Å²) in [6.45, 7) is 4.03. The van der Waals surface area contributed by atoms with Crippen molar-refractivity contribution in [2.45, 2.75) is 20.3 Å². The first-order chi connectivity index (χ1) is 12.0. The van der Waals surface area contributed by atoms with E-state index in [2.05, 4.69) is 15.0 Å². The van der Waals surface area contributed by atoms with Crippen LogP contribution in [0.4, 0.5) is 0 Å². The van der Waals surface area contributed by atoms with Crippen molar-refractivity contribution in [3.05, 3.63) is 47.3 Å². The van der Waals surface area contributed by atoms with E-state index in [9.17, 15) is 0 Å². The molecule has 134 valence electrons. The summed E-state index contributed by atoms with van der Waals surface area (Å²) in [6.07, 6.45) is 2.27. The Morgan fingerprint density at radius 2 is 2.04 bits per heavy atom. The van der Waals surface area contributed by atoms with Crippen LogP contribution in [0.25, 0.3) is 5.70 Å². The fraction of sp³-hybridized carbons (Fsp3) is 0.353. The first-order valence-corrected chi connectivity index (χ1v) is 7.89. The predicted octanol–water partition coefficient (Wildman–Crippen LogP) is 1.26. The predicted molar refractivity (Wildman–Crippen MR) is 95.5 cm³/mol. The van der Waals surface area contributed by atoms with Gasteiger partial charge in [0.1, 0.15) is 18.7 Å². The van der Waals surface area contributed by atoms with Crippen LogP contribution < -0.4 is 21.1 Å². The molecule has 2 aromatic rings. The molecule has 0 aromatic carbocycles. The van der Waals surface area contributed by atoms with Crippen molar-refractivity contribution in [3.8, 4) is 11.6 Å². The number of aryl methyl sites for hydroxylation is 2. The van der Waals surface area contributed by atoms with Gasteiger partial charge in [0.25, 0.3) is 0 Å². The number of hydrazine groups is 1. The van der Waals surface area contributed by atoms with Crippen molar-refractivity contribution in [2.75, 3.05) is 20.8 Å². The molecule has 4 N–H and O–H groups in total. The van der Waals surface area contributed by atoms with Crippen LogP contribution >= 0.6 is 0 Å². The number of likely N-dealkylation sites (N-methyl/N-ethyl adjacent to an activating group) is 1. The molecule has 2 heterocycles. The van der Waals surface area contributed by atoms with E-state index in [0.717, 1.165) is 17.8 Å². The molecule has 0 aliphatic rings. The minimum atomic E-state index is 0.158. The molecule has 0 aliphatic heterocycles. The van der Waals surface area contributed by atoms with E-state index in [4.69, 9.17) is 21.1 Å². The molecule has 2 aromatic heterocycles. The zero-order chi connectivity index (χ0) is 18.4. The van der Waals surface area contributed by atoms with Crippen LogP contribution in [-0.2, 0) is 6.42 Å². The fourth-order valence-electron chi connectivity index (χ4n) is 2.22. The van der Waals surface area contributed by atoms with Crippen molar-refractivity contribution < 1.29 is 9.47 Å². The number of ether oxygens (including phenoxy) is 2. The van der Waals surface area contributed by atoms with Crippen LogP contribution in [0, 0.1) is 6.92 Å². The number of nitrogens with zero attached hydrogens (tertiary/aromatic N) is 4. The molecule has 0 fully saturated rings. The first kappa shape index (κ1) is 18.5. The minimum Gasteiger partial charge on any atom is -0.495 e. The number of aromatic nitrogens is 3. The molecule has 0 spiro atoms. The van der Waals surface area contributed by atoms with Gasteiger partial charge in [-0.3, -0.25) is 0 Å². The van der Waals surface area contributed by atoms with Crippen LogP contribution in [0.5, 0.6) is 11.6 Å². The highest BCUT2D eigenvalue weighted by molar-refractivity contribution is 5.63. The van der Waals surface area contributed by atoms with Crippen LogP contribution in [0.15, 0.2) is 30.2 Å².